The first-order valence-corrected chi connectivity index (χ1v) is 8.04. The molecule has 0 atom stereocenters. The van der Waals surface area contributed by atoms with Crippen molar-refractivity contribution in [3.05, 3.63) is 34.9 Å². The number of benzene rings is 1. The van der Waals surface area contributed by atoms with Crippen LogP contribution in [0.2, 0.25) is 0 Å². The molecule has 0 unspecified atom stereocenters. The summed E-state index contributed by atoms with van der Waals surface area (Å²) in [5.41, 5.74) is 11.1. The Balaban J connectivity index is 1.82. The van der Waals surface area contributed by atoms with Crippen molar-refractivity contribution in [3.63, 3.8) is 0 Å². The third-order valence-corrected chi connectivity index (χ3v) is 3.67. The molecule has 9 heteroatoms. The fourth-order valence-corrected chi connectivity index (χ4v) is 2.45. The highest BCUT2D eigenvalue weighted by atomic mass is 16.5. The molecule has 0 aliphatic carbocycles. The smallest absolute Gasteiger partial charge is 0.350 e. The van der Waals surface area contributed by atoms with E-state index in [1.54, 1.807) is 12.3 Å². The van der Waals surface area contributed by atoms with Crippen LogP contribution < -0.4 is 37.3 Å². The van der Waals surface area contributed by atoms with E-state index < -0.39 is 6.29 Å². The van der Waals surface area contributed by atoms with Gasteiger partial charge in [-0.2, -0.15) is 4.98 Å². The van der Waals surface area contributed by atoms with Gasteiger partial charge in [-0.1, -0.05) is 6.07 Å². The molecule has 2 heterocycles. The Bertz CT molecular complexity index is 818. The van der Waals surface area contributed by atoms with Crippen molar-refractivity contribution in [2.45, 2.75) is 26.2 Å². The molecule has 134 valence electrons. The lowest BCUT2D eigenvalue weighted by Gasteiger charge is -2.24. The molecular weight excluding hydrogens is 324 g/mol. The van der Waals surface area contributed by atoms with Crippen LogP contribution >= 0.6 is 0 Å². The number of fused-ring (bicyclic) bond motifs is 2. The molecule has 25 heavy (non-hydrogen) atoms. The second kappa shape index (κ2) is 7.09. The Morgan fingerprint density at radius 1 is 1.36 bits per heavy atom. The molecule has 9 nitrogen and oxygen atoms in total. The Morgan fingerprint density at radius 2 is 2.16 bits per heavy atom. The molecule has 1 aromatic heterocycles. The summed E-state index contributed by atoms with van der Waals surface area (Å²) in [6, 6.07) is 5.44. The fraction of sp³-hybridized carbons (Fsp3) is 0.375. The monoisotopic (exact) mass is 346 g/mol. The molecular formula is C16H22N6O3. The maximum Gasteiger partial charge on any atom is 0.350 e. The predicted octanol–water partition coefficient (Wildman–Crippen LogP) is 0.843. The fourth-order valence-electron chi connectivity index (χ4n) is 2.45. The van der Waals surface area contributed by atoms with E-state index in [2.05, 4.69) is 15.6 Å². The van der Waals surface area contributed by atoms with Gasteiger partial charge in [0.1, 0.15) is 24.3 Å². The molecule has 6 N–H and O–H groups in total. The van der Waals surface area contributed by atoms with Crippen molar-refractivity contribution in [2.75, 3.05) is 18.5 Å². The number of ether oxygens (including phenoxy) is 2. The van der Waals surface area contributed by atoms with E-state index in [1.807, 2.05) is 26.0 Å². The van der Waals surface area contributed by atoms with Crippen LogP contribution in [-0.4, -0.2) is 29.0 Å². The molecule has 0 spiro atoms. The maximum absolute atomic E-state index is 12.1. The standard InChI is InChI=1S/C16H22N6O3/c1-9(2)22-8-12-14(21-16(22)23)20-13-10(4-3-5-11(13)25-12)24-7-6-19-15(17)18/h3-5,8-9,15,19H,6-7,17-18H2,1-2H3,(H,20,21,23). The molecule has 1 aromatic carbocycles. The van der Waals surface area contributed by atoms with E-state index in [-0.39, 0.29) is 11.7 Å². The molecule has 0 bridgehead atoms. The highest BCUT2D eigenvalue weighted by molar-refractivity contribution is 5.77. The number of nitrogens with two attached hydrogens (primary N) is 2. The highest BCUT2D eigenvalue weighted by Gasteiger charge is 2.23. The molecule has 0 saturated carbocycles. The summed E-state index contributed by atoms with van der Waals surface area (Å²) in [7, 11) is 0. The minimum Gasteiger partial charge on any atom is -0.490 e. The Kier molecular flexibility index (Phi) is 4.88. The van der Waals surface area contributed by atoms with Gasteiger partial charge in [-0.25, -0.2) is 4.79 Å². The van der Waals surface area contributed by atoms with Crippen LogP contribution in [0.5, 0.6) is 17.2 Å². The van der Waals surface area contributed by atoms with E-state index in [1.165, 1.54) is 4.57 Å². The molecule has 3 rings (SSSR count). The van der Waals surface area contributed by atoms with Crippen LogP contribution in [0, 0.1) is 0 Å². The number of nitrogens with zero attached hydrogens (tertiary/aromatic N) is 2. The minimum absolute atomic E-state index is 0.00798. The zero-order chi connectivity index (χ0) is 18.0. The molecule has 0 radical (unpaired) electrons. The van der Waals surface area contributed by atoms with Crippen LogP contribution in [0.4, 0.5) is 11.5 Å². The minimum atomic E-state index is -0.589. The van der Waals surface area contributed by atoms with Crippen molar-refractivity contribution >= 4 is 11.5 Å². The molecule has 2 aromatic rings. The number of nitrogens with one attached hydrogen (secondary N) is 2. The van der Waals surface area contributed by atoms with Gasteiger partial charge in [-0.3, -0.25) is 9.88 Å². The van der Waals surface area contributed by atoms with Gasteiger partial charge in [-0.15, -0.1) is 0 Å². The summed E-state index contributed by atoms with van der Waals surface area (Å²) in [6.45, 7) is 4.69. The zero-order valence-corrected chi connectivity index (χ0v) is 14.2. The number of para-hydroxylation sites is 1. The first-order chi connectivity index (χ1) is 12.0. The van der Waals surface area contributed by atoms with Crippen LogP contribution in [0.25, 0.3) is 0 Å². The van der Waals surface area contributed by atoms with Gasteiger partial charge in [0.15, 0.2) is 17.3 Å². The van der Waals surface area contributed by atoms with E-state index in [4.69, 9.17) is 20.9 Å². The van der Waals surface area contributed by atoms with E-state index in [0.29, 0.717) is 41.9 Å². The Hall–Kier alpha value is -2.62. The van der Waals surface area contributed by atoms with Crippen molar-refractivity contribution in [2.24, 2.45) is 11.5 Å². The zero-order valence-electron chi connectivity index (χ0n) is 14.2. The van der Waals surface area contributed by atoms with E-state index in [9.17, 15) is 4.79 Å². The number of hydrogen-bond acceptors (Lipinski definition) is 8. The van der Waals surface area contributed by atoms with Gasteiger partial charge in [0, 0.05) is 12.6 Å². The second-order valence-electron chi connectivity index (χ2n) is 5.92. The number of hydrogen-bond donors (Lipinski definition) is 4. The van der Waals surface area contributed by atoms with Crippen LogP contribution in [0.15, 0.2) is 29.2 Å². The number of aromatic nitrogens is 2. The molecule has 1 aliphatic heterocycles. The first kappa shape index (κ1) is 17.2. The molecule has 0 amide bonds. The summed E-state index contributed by atoms with van der Waals surface area (Å²) in [5, 5.41) is 5.98. The second-order valence-corrected chi connectivity index (χ2v) is 5.92. The Labute approximate surface area is 144 Å². The SMILES string of the molecule is CC(C)n1cc2c(nc1=O)Nc1c(OCCNC(N)N)cccc1O2. The first-order valence-electron chi connectivity index (χ1n) is 8.04. The van der Waals surface area contributed by atoms with Gasteiger partial charge in [0.25, 0.3) is 0 Å². The largest absolute Gasteiger partial charge is 0.490 e. The van der Waals surface area contributed by atoms with Crippen LogP contribution in [-0.2, 0) is 0 Å². The van der Waals surface area contributed by atoms with Gasteiger partial charge in [0.2, 0.25) is 0 Å². The topological polar surface area (TPSA) is 129 Å². The summed E-state index contributed by atoms with van der Waals surface area (Å²) in [5.74, 6) is 2.05. The van der Waals surface area contributed by atoms with Gasteiger partial charge in [-0.05, 0) is 26.0 Å². The Morgan fingerprint density at radius 3 is 2.88 bits per heavy atom. The van der Waals surface area contributed by atoms with E-state index >= 15 is 0 Å². The summed E-state index contributed by atoms with van der Waals surface area (Å²) < 4.78 is 13.1. The van der Waals surface area contributed by atoms with Crippen molar-refractivity contribution in [1.29, 1.82) is 0 Å². The lowest BCUT2D eigenvalue weighted by molar-refractivity contribution is 0.306. The van der Waals surface area contributed by atoms with Gasteiger partial charge >= 0.3 is 5.69 Å². The third-order valence-electron chi connectivity index (χ3n) is 3.67. The lowest BCUT2D eigenvalue weighted by Crippen LogP contribution is -2.46. The predicted molar refractivity (Wildman–Crippen MR) is 94.3 cm³/mol. The maximum atomic E-state index is 12.1. The van der Waals surface area contributed by atoms with Gasteiger partial charge in [0.05, 0.1) is 6.20 Å². The van der Waals surface area contributed by atoms with Gasteiger partial charge < -0.3 is 26.3 Å². The average Bonchev–Trinajstić information content (AvgIpc) is 2.56. The number of rotatable bonds is 6. The molecule has 1 aliphatic rings. The summed E-state index contributed by atoms with van der Waals surface area (Å²) >= 11 is 0. The normalized spacial score (nSPS) is 12.4. The van der Waals surface area contributed by atoms with Crippen molar-refractivity contribution < 1.29 is 9.47 Å². The van der Waals surface area contributed by atoms with Crippen LogP contribution in [0.1, 0.15) is 19.9 Å². The third kappa shape index (κ3) is 3.73. The van der Waals surface area contributed by atoms with Crippen molar-refractivity contribution in [3.8, 4) is 17.2 Å². The molecule has 0 saturated heterocycles. The quantitative estimate of drug-likeness (QED) is 0.382. The van der Waals surface area contributed by atoms with Crippen molar-refractivity contribution in [1.82, 2.24) is 14.9 Å². The average molecular weight is 346 g/mol. The molecule has 0 fully saturated rings. The summed E-state index contributed by atoms with van der Waals surface area (Å²) in [4.78, 5) is 16.2. The lowest BCUT2D eigenvalue weighted by atomic mass is 10.2. The number of anilines is 2. The van der Waals surface area contributed by atoms with Crippen LogP contribution in [0.3, 0.4) is 0 Å². The van der Waals surface area contributed by atoms with E-state index in [0.717, 1.165) is 0 Å². The summed E-state index contributed by atoms with van der Waals surface area (Å²) in [6.07, 6.45) is 1.07. The highest BCUT2D eigenvalue weighted by Crippen LogP contribution is 2.45.